The van der Waals surface area contributed by atoms with Gasteiger partial charge in [-0.05, 0) is 68.5 Å². The topological polar surface area (TPSA) is 88.7 Å². The van der Waals surface area contributed by atoms with Crippen molar-refractivity contribution in [2.24, 2.45) is 11.8 Å². The third-order valence-corrected chi connectivity index (χ3v) is 10.7. The third kappa shape index (κ3) is 5.77. The number of hydrogen-bond acceptors (Lipinski definition) is 6. The Hall–Kier alpha value is -2.16. The number of carbonyl (C=O) groups excluding carboxylic acids is 2. The van der Waals surface area contributed by atoms with E-state index in [1.807, 2.05) is 0 Å². The molecule has 4 N–H and O–H groups in total. The molecule has 6 atom stereocenters. The normalized spacial score (nSPS) is 31.8. The molecule has 0 bridgehead atoms. The van der Waals surface area contributed by atoms with E-state index in [0.29, 0.717) is 30.7 Å². The highest BCUT2D eigenvalue weighted by atomic mass is 16.2. The van der Waals surface area contributed by atoms with Crippen LogP contribution >= 0.6 is 0 Å². The number of aryl methyl sites for hydroxylation is 1. The Balaban J connectivity index is 1.16. The van der Waals surface area contributed by atoms with Gasteiger partial charge in [0, 0.05) is 69.0 Å². The van der Waals surface area contributed by atoms with Crippen LogP contribution in [-0.2, 0) is 9.59 Å². The number of benzene rings is 1. The summed E-state index contributed by atoms with van der Waals surface area (Å²) in [6, 6.07) is 6.85. The number of piperidine rings is 1. The molecular formula is C32H50N6O2. The van der Waals surface area contributed by atoms with Gasteiger partial charge in [0.15, 0.2) is 0 Å². The minimum Gasteiger partial charge on any atom is -0.373 e. The average molecular weight is 551 g/mol. The van der Waals surface area contributed by atoms with Crippen molar-refractivity contribution in [3.05, 3.63) is 29.3 Å². The van der Waals surface area contributed by atoms with E-state index in [9.17, 15) is 9.59 Å². The number of fused-ring (bicyclic) bond motifs is 2. The second-order valence-corrected chi connectivity index (χ2v) is 13.3. The van der Waals surface area contributed by atoms with E-state index in [0.717, 1.165) is 51.5 Å². The van der Waals surface area contributed by atoms with E-state index in [4.69, 9.17) is 0 Å². The van der Waals surface area contributed by atoms with Crippen molar-refractivity contribution >= 4 is 17.5 Å². The van der Waals surface area contributed by atoms with Gasteiger partial charge >= 0.3 is 0 Å². The van der Waals surface area contributed by atoms with E-state index in [-0.39, 0.29) is 35.9 Å². The zero-order chi connectivity index (χ0) is 27.6. The average Bonchev–Trinajstić information content (AvgIpc) is 3.61. The molecule has 4 aliphatic heterocycles. The maximum Gasteiger partial charge on any atom is 0.243 e. The summed E-state index contributed by atoms with van der Waals surface area (Å²) in [5.74, 6) is 1.55. The van der Waals surface area contributed by atoms with Crippen molar-refractivity contribution < 1.29 is 9.59 Å². The first-order valence-corrected chi connectivity index (χ1v) is 16.1. The molecule has 4 heterocycles. The highest BCUT2D eigenvalue weighted by molar-refractivity contribution is 5.89. The Labute approximate surface area is 240 Å². The lowest BCUT2D eigenvalue weighted by molar-refractivity contribution is -0.134. The molecule has 0 spiro atoms. The van der Waals surface area contributed by atoms with Crippen LogP contribution in [0.25, 0.3) is 0 Å². The van der Waals surface area contributed by atoms with Crippen molar-refractivity contribution in [2.45, 2.75) is 102 Å². The fraction of sp³-hybridized carbons (Fsp3) is 0.750. The van der Waals surface area contributed by atoms with Gasteiger partial charge in [-0.2, -0.15) is 0 Å². The van der Waals surface area contributed by atoms with Crippen molar-refractivity contribution in [3.8, 4) is 0 Å². The van der Waals surface area contributed by atoms with E-state index in [1.165, 1.54) is 49.7 Å². The summed E-state index contributed by atoms with van der Waals surface area (Å²) in [6.45, 7) is 9.88. The molecule has 8 heteroatoms. The maximum atomic E-state index is 14.2. The molecule has 220 valence electrons. The standard InChI is InChI=1S/C32H50N6O2/c1-21-8-6-12-25-28(23-10-4-3-5-11-23)31(36-29(21)25)32(40)35-26(30-22(2)9-7-15-34-30)13-14-27(39)37-16-17-38-20-33-18-24(38)19-37/h6,8,12,22-24,26,28,30-31,33-34,36H,3-5,7,9-11,13-20H2,1-2H3,(H,35,40). The number of para-hydroxylation sites is 1. The monoisotopic (exact) mass is 550 g/mol. The predicted molar refractivity (Wildman–Crippen MR) is 159 cm³/mol. The first-order chi connectivity index (χ1) is 19.5. The number of hydrogen-bond donors (Lipinski definition) is 4. The predicted octanol–water partition coefficient (Wildman–Crippen LogP) is 3.18. The van der Waals surface area contributed by atoms with Crippen LogP contribution < -0.4 is 21.3 Å². The molecule has 1 saturated carbocycles. The molecule has 40 heavy (non-hydrogen) atoms. The molecule has 6 rings (SSSR count). The van der Waals surface area contributed by atoms with Gasteiger partial charge in [0.2, 0.25) is 11.8 Å². The maximum absolute atomic E-state index is 14.2. The Morgan fingerprint density at radius 1 is 1.10 bits per heavy atom. The summed E-state index contributed by atoms with van der Waals surface area (Å²) in [4.78, 5) is 32.1. The first kappa shape index (κ1) is 28.0. The second kappa shape index (κ2) is 12.4. The van der Waals surface area contributed by atoms with Gasteiger partial charge in [-0.25, -0.2) is 0 Å². The van der Waals surface area contributed by atoms with Crippen molar-refractivity contribution in [1.82, 2.24) is 25.8 Å². The largest absolute Gasteiger partial charge is 0.373 e. The molecule has 4 fully saturated rings. The van der Waals surface area contributed by atoms with Gasteiger partial charge in [-0.1, -0.05) is 44.4 Å². The van der Waals surface area contributed by atoms with Crippen molar-refractivity contribution in [3.63, 3.8) is 0 Å². The zero-order valence-electron chi connectivity index (χ0n) is 24.6. The number of amides is 2. The van der Waals surface area contributed by atoms with Crippen LogP contribution in [0.2, 0.25) is 0 Å². The summed E-state index contributed by atoms with van der Waals surface area (Å²) in [6.07, 6.45) is 9.72. The minimum absolute atomic E-state index is 0.0557. The first-order valence-electron chi connectivity index (χ1n) is 16.1. The van der Waals surface area contributed by atoms with Crippen LogP contribution in [0.4, 0.5) is 5.69 Å². The lowest BCUT2D eigenvalue weighted by Gasteiger charge is -2.39. The lowest BCUT2D eigenvalue weighted by Crippen LogP contribution is -2.58. The highest BCUT2D eigenvalue weighted by Gasteiger charge is 2.43. The van der Waals surface area contributed by atoms with E-state index >= 15 is 0 Å². The number of piperazine rings is 1. The third-order valence-electron chi connectivity index (χ3n) is 10.7. The molecule has 8 nitrogen and oxygen atoms in total. The summed E-state index contributed by atoms with van der Waals surface area (Å²) in [7, 11) is 0. The lowest BCUT2D eigenvalue weighted by atomic mass is 9.74. The van der Waals surface area contributed by atoms with Gasteiger partial charge in [0.05, 0.1) is 0 Å². The fourth-order valence-electron chi connectivity index (χ4n) is 8.40. The summed E-state index contributed by atoms with van der Waals surface area (Å²) >= 11 is 0. The van der Waals surface area contributed by atoms with Crippen molar-refractivity contribution in [1.29, 1.82) is 0 Å². The number of nitrogens with one attached hydrogen (secondary N) is 4. The molecule has 2 amide bonds. The smallest absolute Gasteiger partial charge is 0.243 e. The Morgan fingerprint density at radius 2 is 1.95 bits per heavy atom. The van der Waals surface area contributed by atoms with Gasteiger partial charge < -0.3 is 26.2 Å². The number of carbonyl (C=O) groups is 2. The van der Waals surface area contributed by atoms with E-state index in [2.05, 4.69) is 63.1 Å². The quantitative estimate of drug-likeness (QED) is 0.417. The molecule has 1 aromatic carbocycles. The van der Waals surface area contributed by atoms with Crippen LogP contribution in [-0.4, -0.2) is 85.2 Å². The van der Waals surface area contributed by atoms with Crippen LogP contribution in [0.1, 0.15) is 81.8 Å². The van der Waals surface area contributed by atoms with Crippen LogP contribution in [0, 0.1) is 18.8 Å². The van der Waals surface area contributed by atoms with Gasteiger partial charge in [0.25, 0.3) is 0 Å². The zero-order valence-corrected chi connectivity index (χ0v) is 24.6. The molecular weight excluding hydrogens is 500 g/mol. The van der Waals surface area contributed by atoms with Gasteiger partial charge in [0.1, 0.15) is 6.04 Å². The van der Waals surface area contributed by atoms with E-state index in [1.54, 1.807) is 0 Å². The minimum atomic E-state index is -0.251. The fourth-order valence-corrected chi connectivity index (χ4v) is 8.40. The summed E-state index contributed by atoms with van der Waals surface area (Å²) in [5, 5.41) is 14.4. The molecule has 5 aliphatic rings. The second-order valence-electron chi connectivity index (χ2n) is 13.3. The van der Waals surface area contributed by atoms with Crippen molar-refractivity contribution in [2.75, 3.05) is 44.7 Å². The summed E-state index contributed by atoms with van der Waals surface area (Å²) in [5.41, 5.74) is 3.70. The van der Waals surface area contributed by atoms with Gasteiger partial charge in [-0.15, -0.1) is 0 Å². The number of rotatable bonds is 7. The Morgan fingerprint density at radius 3 is 2.77 bits per heavy atom. The Kier molecular flexibility index (Phi) is 8.66. The molecule has 0 radical (unpaired) electrons. The molecule has 3 saturated heterocycles. The molecule has 1 aliphatic carbocycles. The SMILES string of the molecule is Cc1cccc2c1NC(C(=O)NC(CCC(=O)N1CCN3CNCC3C1)C1NCCCC1C)C2C1CCCCC1. The van der Waals surface area contributed by atoms with Gasteiger partial charge in [-0.3, -0.25) is 14.5 Å². The van der Waals surface area contributed by atoms with Crippen LogP contribution in [0.3, 0.4) is 0 Å². The molecule has 0 aromatic heterocycles. The molecule has 6 unspecified atom stereocenters. The number of nitrogens with zero attached hydrogens (tertiary/aromatic N) is 2. The Bertz CT molecular complexity index is 1060. The summed E-state index contributed by atoms with van der Waals surface area (Å²) < 4.78 is 0. The van der Waals surface area contributed by atoms with Crippen LogP contribution in [0.5, 0.6) is 0 Å². The van der Waals surface area contributed by atoms with E-state index < -0.39 is 0 Å². The number of anilines is 1. The molecule has 1 aromatic rings. The van der Waals surface area contributed by atoms with Crippen LogP contribution in [0.15, 0.2) is 18.2 Å². The highest BCUT2D eigenvalue weighted by Crippen LogP contribution is 2.47.